The fourth-order valence-electron chi connectivity index (χ4n) is 4.32. The van der Waals surface area contributed by atoms with Gasteiger partial charge in [-0.3, -0.25) is 0 Å². The summed E-state index contributed by atoms with van der Waals surface area (Å²) in [6.45, 7) is 2.27. The largest absolute Gasteiger partial charge is 0.737 e. The van der Waals surface area contributed by atoms with Crippen LogP contribution in [-0.4, -0.2) is 21.6 Å². The molecule has 2 aliphatic rings. The van der Waals surface area contributed by atoms with Crippen molar-refractivity contribution in [3.63, 3.8) is 0 Å². The van der Waals surface area contributed by atoms with Crippen LogP contribution in [0.5, 0.6) is 0 Å². The number of hydrogen-bond acceptors (Lipinski definition) is 0. The lowest BCUT2D eigenvalue weighted by atomic mass is 9.83. The van der Waals surface area contributed by atoms with Crippen molar-refractivity contribution >= 4 is 29.9 Å². The Morgan fingerprint density at radius 2 is 1.59 bits per heavy atom. The molecule has 2 aliphatic heterocycles. The first-order valence-corrected chi connectivity index (χ1v) is 8.85. The molecule has 0 aliphatic carbocycles. The molecule has 4 rings (SSSR count). The highest BCUT2D eigenvalue weighted by atomic mass is 35.5. The monoisotopic (exact) mass is 394 g/mol. The Bertz CT molecular complexity index is 1100. The van der Waals surface area contributed by atoms with E-state index < -0.39 is 18.6 Å². The van der Waals surface area contributed by atoms with Gasteiger partial charge < -0.3 is 17.6 Å². The average molecular weight is 395 g/mol. The van der Waals surface area contributed by atoms with Crippen LogP contribution in [0.1, 0.15) is 36.4 Å². The first-order chi connectivity index (χ1) is 12.6. The third-order valence-corrected chi connectivity index (χ3v) is 5.41. The highest BCUT2D eigenvalue weighted by Gasteiger charge is 2.55. The molecule has 0 radical (unpaired) electrons. The molecule has 0 spiro atoms. The standard InChI is InChI=1S/C19H16BClF4N2/c1-9-5-11(3)26-18(9)17(16-14(22)7-13(21)8-15(16)23)19-10(2)6-12(4)27(19)20(26,24)25/h5-8H,1-4H3. The maximum Gasteiger partial charge on any atom is 0.737 e. The molecule has 8 heteroatoms. The smallest absolute Gasteiger partial charge is 0.393 e. The third-order valence-electron chi connectivity index (χ3n) is 5.19. The van der Waals surface area contributed by atoms with E-state index in [0.717, 1.165) is 21.1 Å². The molecule has 0 N–H and O–H groups in total. The lowest BCUT2D eigenvalue weighted by molar-refractivity contribution is -0.363. The molecule has 0 saturated carbocycles. The Hall–Kier alpha value is -2.28. The number of halogens is 5. The molecule has 0 saturated heterocycles. The number of rotatable bonds is 1. The molecule has 2 nitrogen and oxygen atoms in total. The van der Waals surface area contributed by atoms with Crippen molar-refractivity contribution in [2.24, 2.45) is 0 Å². The van der Waals surface area contributed by atoms with E-state index in [1.807, 2.05) is 0 Å². The Morgan fingerprint density at radius 3 is 2.19 bits per heavy atom. The molecular weight excluding hydrogens is 378 g/mol. The van der Waals surface area contributed by atoms with Crippen LogP contribution < -0.4 is 0 Å². The van der Waals surface area contributed by atoms with Crippen molar-refractivity contribution in [3.8, 4) is 0 Å². The van der Waals surface area contributed by atoms with E-state index in [1.165, 1.54) is 0 Å². The van der Waals surface area contributed by atoms with E-state index in [9.17, 15) is 8.78 Å². The zero-order valence-corrected chi connectivity index (χ0v) is 15.9. The summed E-state index contributed by atoms with van der Waals surface area (Å²) in [5.74, 6) is -1.77. The van der Waals surface area contributed by atoms with Crippen LogP contribution in [0.25, 0.3) is 5.57 Å². The summed E-state index contributed by atoms with van der Waals surface area (Å²) in [6.07, 6.45) is 1.60. The second kappa shape index (κ2) is 5.61. The van der Waals surface area contributed by atoms with E-state index in [1.54, 1.807) is 39.8 Å². The van der Waals surface area contributed by atoms with Gasteiger partial charge in [-0.15, -0.1) is 0 Å². The van der Waals surface area contributed by atoms with Crippen molar-refractivity contribution in [2.45, 2.75) is 27.7 Å². The molecule has 0 unspecified atom stereocenters. The number of fused-ring (bicyclic) bond motifs is 2. The number of hydrogen-bond donors (Lipinski definition) is 0. The lowest BCUT2D eigenvalue weighted by Gasteiger charge is -2.34. The van der Waals surface area contributed by atoms with Crippen LogP contribution in [0.3, 0.4) is 0 Å². The van der Waals surface area contributed by atoms with Gasteiger partial charge in [0.1, 0.15) is 17.3 Å². The molecule has 0 fully saturated rings. The summed E-state index contributed by atoms with van der Waals surface area (Å²) in [5.41, 5.74) is 1.75. The summed E-state index contributed by atoms with van der Waals surface area (Å²) >= 11 is 5.76. The zero-order valence-electron chi connectivity index (χ0n) is 15.2. The second-order valence-electron chi connectivity index (χ2n) is 7.08. The van der Waals surface area contributed by atoms with Crippen LogP contribution in [0.2, 0.25) is 5.02 Å². The Labute approximate surface area is 159 Å². The van der Waals surface area contributed by atoms with Gasteiger partial charge in [-0.1, -0.05) is 11.6 Å². The van der Waals surface area contributed by atoms with Crippen LogP contribution in [0.4, 0.5) is 17.4 Å². The molecule has 27 heavy (non-hydrogen) atoms. The maximum atomic E-state index is 15.5. The molecule has 3 heterocycles. The molecule has 0 bridgehead atoms. The van der Waals surface area contributed by atoms with E-state index in [-0.39, 0.29) is 27.6 Å². The predicted molar refractivity (Wildman–Crippen MR) is 99.4 cm³/mol. The normalized spacial score (nSPS) is 18.0. The van der Waals surface area contributed by atoms with Gasteiger partial charge in [-0.25, -0.2) is 8.78 Å². The summed E-state index contributed by atoms with van der Waals surface area (Å²) in [4.78, 5) is 0. The Kier molecular flexibility index (Phi) is 3.76. The third kappa shape index (κ3) is 2.30. The van der Waals surface area contributed by atoms with E-state index in [2.05, 4.69) is 0 Å². The Morgan fingerprint density at radius 1 is 1.00 bits per heavy atom. The minimum absolute atomic E-state index is 0.0914. The Balaban J connectivity index is 2.23. The summed E-state index contributed by atoms with van der Waals surface area (Å²) < 4.78 is 62.3. The van der Waals surface area contributed by atoms with E-state index in [0.29, 0.717) is 22.5 Å². The second-order valence-corrected chi connectivity index (χ2v) is 7.52. The molecule has 1 aromatic carbocycles. The van der Waals surface area contributed by atoms with Crippen LogP contribution >= 0.6 is 11.6 Å². The topological polar surface area (TPSA) is 7.94 Å². The van der Waals surface area contributed by atoms with Gasteiger partial charge in [0.15, 0.2) is 5.70 Å². The van der Waals surface area contributed by atoms with Crippen molar-refractivity contribution in [1.29, 1.82) is 0 Å². The van der Waals surface area contributed by atoms with E-state index in [4.69, 9.17) is 11.6 Å². The summed E-state index contributed by atoms with van der Waals surface area (Å²) in [7, 11) is 0. The number of aryl methyl sites for hydroxylation is 2. The molecule has 140 valence electrons. The van der Waals surface area contributed by atoms with Crippen LogP contribution in [-0.2, 0) is 0 Å². The van der Waals surface area contributed by atoms with Crippen LogP contribution in [0.15, 0.2) is 35.5 Å². The molecule has 0 atom stereocenters. The van der Waals surface area contributed by atoms with Gasteiger partial charge in [0.2, 0.25) is 0 Å². The first kappa shape index (κ1) is 18.1. The van der Waals surface area contributed by atoms with Crippen molar-refractivity contribution < 1.29 is 21.9 Å². The fourth-order valence-corrected chi connectivity index (χ4v) is 4.51. The van der Waals surface area contributed by atoms with Gasteiger partial charge in [-0.2, -0.15) is 0 Å². The molecular formula is C19H16BClF4N2. The quantitative estimate of drug-likeness (QED) is 0.448. The zero-order chi connectivity index (χ0) is 19.8. The minimum atomic E-state index is -4.19. The van der Waals surface area contributed by atoms with Gasteiger partial charge in [0.25, 0.3) is 0 Å². The average Bonchev–Trinajstić information content (AvgIpc) is 2.99. The molecule has 2 aromatic rings. The summed E-state index contributed by atoms with van der Waals surface area (Å²) in [5, 5.41) is -0.0914. The highest BCUT2D eigenvalue weighted by molar-refractivity contribution is 6.58. The van der Waals surface area contributed by atoms with Crippen LogP contribution in [0, 0.1) is 25.5 Å². The first-order valence-electron chi connectivity index (χ1n) is 8.47. The van der Waals surface area contributed by atoms with Crippen molar-refractivity contribution in [1.82, 2.24) is 4.48 Å². The highest BCUT2D eigenvalue weighted by Crippen LogP contribution is 2.45. The summed E-state index contributed by atoms with van der Waals surface area (Å²) in [6, 6.07) is 3.60. The van der Waals surface area contributed by atoms with Gasteiger partial charge in [-0.05, 0) is 50.2 Å². The number of aromatic nitrogens is 1. The molecule has 0 amide bonds. The fraction of sp³-hybridized carbons (Fsp3) is 0.211. The maximum absolute atomic E-state index is 15.5. The van der Waals surface area contributed by atoms with Crippen molar-refractivity contribution in [2.75, 3.05) is 0 Å². The van der Waals surface area contributed by atoms with Gasteiger partial charge in [0, 0.05) is 29.3 Å². The predicted octanol–water partition coefficient (Wildman–Crippen LogP) is 5.47. The van der Waals surface area contributed by atoms with Gasteiger partial charge in [0.05, 0.1) is 11.1 Å². The minimum Gasteiger partial charge on any atom is -0.393 e. The molecule has 1 aromatic heterocycles. The van der Waals surface area contributed by atoms with Crippen molar-refractivity contribution in [3.05, 3.63) is 74.7 Å². The number of allylic oxidation sites excluding steroid dienone is 2. The van der Waals surface area contributed by atoms with Gasteiger partial charge >= 0.3 is 6.97 Å². The van der Waals surface area contributed by atoms with E-state index >= 15 is 8.63 Å². The SMILES string of the molecule is CC1=CC(C)=[N+]2C1=C(c1c(F)cc(Cl)cc1F)c1c(C)cc(C)n1[B-]2(F)F. The number of benzene rings is 1. The lowest BCUT2D eigenvalue weighted by Crippen LogP contribution is -2.51. The number of nitrogens with zero attached hydrogens (tertiary/aromatic N) is 2.